The van der Waals surface area contributed by atoms with E-state index in [1.807, 2.05) is 0 Å². The molecule has 0 radical (unpaired) electrons. The summed E-state index contributed by atoms with van der Waals surface area (Å²) in [5.41, 5.74) is 3.24. The highest BCUT2D eigenvalue weighted by Gasteiger charge is 2.50. The number of nitrogens with two attached hydrogens (primary N) is 1. The molecule has 0 saturated heterocycles. The van der Waals surface area contributed by atoms with E-state index >= 15 is 0 Å². The van der Waals surface area contributed by atoms with Crippen molar-refractivity contribution < 1.29 is 22.4 Å². The van der Waals surface area contributed by atoms with Gasteiger partial charge in [-0.1, -0.05) is 6.07 Å². The maximum Gasteiger partial charge on any atom is 0.417 e. The number of aromatic nitrogens is 3. The molecule has 4 rings (SSSR count). The molecule has 1 aliphatic rings. The van der Waals surface area contributed by atoms with Crippen LogP contribution in [0, 0.1) is 5.82 Å². The number of carbonyl (C=O) groups is 1. The van der Waals surface area contributed by atoms with Gasteiger partial charge in [-0.05, 0) is 29.8 Å². The molecule has 1 unspecified atom stereocenters. The third-order valence-corrected chi connectivity index (χ3v) is 5.00. The van der Waals surface area contributed by atoms with Crippen LogP contribution in [0.3, 0.4) is 0 Å². The normalized spacial score (nSPS) is 18.9. The Kier molecular flexibility index (Phi) is 4.68. The number of hydrogen-bond donors (Lipinski definition) is 1. The van der Waals surface area contributed by atoms with Crippen LogP contribution in [-0.2, 0) is 16.5 Å². The number of pyridine rings is 1. The summed E-state index contributed by atoms with van der Waals surface area (Å²) in [6.07, 6.45) is -0.255. The highest BCUT2D eigenvalue weighted by molar-refractivity contribution is 6.09. The van der Waals surface area contributed by atoms with Crippen LogP contribution in [0.4, 0.5) is 17.6 Å². The van der Waals surface area contributed by atoms with Crippen molar-refractivity contribution in [3.8, 4) is 11.1 Å². The first-order valence-electron chi connectivity index (χ1n) is 8.88. The molecule has 2 N–H and O–H groups in total. The average molecular weight is 430 g/mol. The van der Waals surface area contributed by atoms with Gasteiger partial charge in [-0.2, -0.15) is 23.4 Å². The first-order valence-corrected chi connectivity index (χ1v) is 8.88. The Morgan fingerprint density at radius 2 is 1.81 bits per heavy atom. The smallest absolute Gasteiger partial charge is 0.369 e. The Labute approximate surface area is 173 Å². The number of halogens is 4. The number of rotatable bonds is 3. The Bertz CT molecular complexity index is 1200. The summed E-state index contributed by atoms with van der Waals surface area (Å²) < 4.78 is 54.5. The molecule has 0 fully saturated rings. The molecule has 1 atom stereocenters. The minimum Gasteiger partial charge on any atom is -0.369 e. The van der Waals surface area contributed by atoms with E-state index in [9.17, 15) is 22.4 Å². The molecular formula is C20H14F4N6O. The number of likely N-dealkylation sites (N-methyl/N-ethyl adjacent to an activating group) is 1. The lowest BCUT2D eigenvalue weighted by atomic mass is 9.82. The van der Waals surface area contributed by atoms with Crippen LogP contribution in [0.15, 0.2) is 60.1 Å². The minimum absolute atomic E-state index is 0.0721. The van der Waals surface area contributed by atoms with E-state index in [1.165, 1.54) is 37.6 Å². The summed E-state index contributed by atoms with van der Waals surface area (Å²) in [6, 6.07) is 6.01. The van der Waals surface area contributed by atoms with Gasteiger partial charge in [0, 0.05) is 36.1 Å². The summed E-state index contributed by atoms with van der Waals surface area (Å²) >= 11 is 0. The second-order valence-corrected chi connectivity index (χ2v) is 6.83. The zero-order valence-electron chi connectivity index (χ0n) is 15.9. The van der Waals surface area contributed by atoms with E-state index in [0.717, 1.165) is 23.2 Å². The van der Waals surface area contributed by atoms with Crippen molar-refractivity contribution >= 4 is 11.9 Å². The molecule has 3 heterocycles. The molecule has 11 heteroatoms. The number of amides is 1. The SMILES string of the molecule is CN1C(=O)C(c2cncc(C(F)(F)F)c2)(c2ccc(F)c(-c3ccnnc3)c2)N=C1N. The highest BCUT2D eigenvalue weighted by atomic mass is 19.4. The number of carbonyl (C=O) groups excluding carboxylic acids is 1. The van der Waals surface area contributed by atoms with Gasteiger partial charge in [0.05, 0.1) is 18.0 Å². The Balaban J connectivity index is 1.99. The van der Waals surface area contributed by atoms with E-state index in [4.69, 9.17) is 5.73 Å². The minimum atomic E-state index is -4.69. The maximum absolute atomic E-state index is 14.6. The van der Waals surface area contributed by atoms with Crippen LogP contribution in [0.1, 0.15) is 16.7 Å². The van der Waals surface area contributed by atoms with Crippen LogP contribution in [-0.4, -0.2) is 39.0 Å². The first kappa shape index (κ1) is 20.4. The lowest BCUT2D eigenvalue weighted by molar-refractivity contribution is -0.138. The molecule has 3 aromatic rings. The van der Waals surface area contributed by atoms with E-state index in [1.54, 1.807) is 0 Å². The zero-order valence-corrected chi connectivity index (χ0v) is 15.9. The van der Waals surface area contributed by atoms with E-state index < -0.39 is 29.0 Å². The van der Waals surface area contributed by atoms with Crippen molar-refractivity contribution in [2.45, 2.75) is 11.7 Å². The molecule has 7 nitrogen and oxygen atoms in total. The standard InChI is InChI=1S/C20H14F4N6O/c1-30-17(31)19(29-18(30)25,13-6-14(10-26-9-13)20(22,23)24)12-2-3-16(21)15(7-12)11-4-5-27-28-8-11/h2-10H,1H3,(H2,25,29). The predicted molar refractivity (Wildman–Crippen MR) is 102 cm³/mol. The van der Waals surface area contributed by atoms with E-state index in [0.29, 0.717) is 11.8 Å². The van der Waals surface area contributed by atoms with Gasteiger partial charge in [0.1, 0.15) is 5.82 Å². The second-order valence-electron chi connectivity index (χ2n) is 6.83. The Morgan fingerprint density at radius 3 is 2.42 bits per heavy atom. The Hall–Kier alpha value is -3.89. The maximum atomic E-state index is 14.6. The number of aliphatic imine (C=N–C) groups is 1. The lowest BCUT2D eigenvalue weighted by Crippen LogP contribution is -2.41. The number of alkyl halides is 3. The van der Waals surface area contributed by atoms with Gasteiger partial charge in [0.25, 0.3) is 5.91 Å². The van der Waals surface area contributed by atoms with Crippen LogP contribution in [0.2, 0.25) is 0 Å². The van der Waals surface area contributed by atoms with Crippen molar-refractivity contribution in [3.63, 3.8) is 0 Å². The topological polar surface area (TPSA) is 97.4 Å². The van der Waals surface area contributed by atoms with Gasteiger partial charge >= 0.3 is 6.18 Å². The fourth-order valence-corrected chi connectivity index (χ4v) is 3.40. The van der Waals surface area contributed by atoms with Crippen molar-refractivity contribution in [1.29, 1.82) is 0 Å². The molecule has 0 aliphatic carbocycles. The van der Waals surface area contributed by atoms with Crippen LogP contribution >= 0.6 is 0 Å². The quantitative estimate of drug-likeness (QED) is 0.645. The van der Waals surface area contributed by atoms with Crippen molar-refractivity contribution in [1.82, 2.24) is 20.1 Å². The van der Waals surface area contributed by atoms with Gasteiger partial charge in [-0.3, -0.25) is 14.7 Å². The van der Waals surface area contributed by atoms with E-state index in [-0.39, 0.29) is 22.6 Å². The van der Waals surface area contributed by atoms with Crippen LogP contribution in [0.5, 0.6) is 0 Å². The fourth-order valence-electron chi connectivity index (χ4n) is 3.40. The molecule has 0 bridgehead atoms. The summed E-state index contributed by atoms with van der Waals surface area (Å²) in [5, 5.41) is 7.35. The molecule has 2 aromatic heterocycles. The van der Waals surface area contributed by atoms with Gasteiger partial charge in [0.15, 0.2) is 11.5 Å². The van der Waals surface area contributed by atoms with Crippen molar-refractivity contribution in [3.05, 3.63) is 77.6 Å². The molecule has 1 aromatic carbocycles. The van der Waals surface area contributed by atoms with Gasteiger partial charge in [-0.25, -0.2) is 9.38 Å². The monoisotopic (exact) mass is 430 g/mol. The van der Waals surface area contributed by atoms with Gasteiger partial charge < -0.3 is 5.73 Å². The highest BCUT2D eigenvalue weighted by Crippen LogP contribution is 2.42. The number of nitrogens with zero attached hydrogens (tertiary/aromatic N) is 5. The molecule has 31 heavy (non-hydrogen) atoms. The van der Waals surface area contributed by atoms with E-state index in [2.05, 4.69) is 20.2 Å². The predicted octanol–water partition coefficient (Wildman–Crippen LogP) is 2.73. The van der Waals surface area contributed by atoms with Crippen molar-refractivity contribution in [2.24, 2.45) is 10.7 Å². The third-order valence-electron chi connectivity index (χ3n) is 5.00. The Morgan fingerprint density at radius 1 is 1.03 bits per heavy atom. The number of hydrogen-bond acceptors (Lipinski definition) is 6. The van der Waals surface area contributed by atoms with Gasteiger partial charge in [-0.15, -0.1) is 0 Å². The second kappa shape index (κ2) is 7.11. The summed E-state index contributed by atoms with van der Waals surface area (Å²) in [4.78, 5) is 22.1. The van der Waals surface area contributed by atoms with Gasteiger partial charge in [0.2, 0.25) is 0 Å². The lowest BCUT2D eigenvalue weighted by Gasteiger charge is -2.27. The van der Waals surface area contributed by atoms with Crippen LogP contribution < -0.4 is 5.73 Å². The zero-order chi connectivity index (χ0) is 22.4. The molecule has 158 valence electrons. The number of benzene rings is 1. The number of guanidine groups is 1. The molecular weight excluding hydrogens is 416 g/mol. The third kappa shape index (κ3) is 3.27. The summed E-state index contributed by atoms with van der Waals surface area (Å²) in [6.45, 7) is 0. The van der Waals surface area contributed by atoms with Crippen molar-refractivity contribution in [2.75, 3.05) is 7.05 Å². The largest absolute Gasteiger partial charge is 0.417 e. The fraction of sp³-hybridized carbons (Fsp3) is 0.150. The van der Waals surface area contributed by atoms with Crippen LogP contribution in [0.25, 0.3) is 11.1 Å². The molecule has 1 amide bonds. The first-order chi connectivity index (χ1) is 14.6. The molecule has 1 aliphatic heterocycles. The molecule has 0 spiro atoms. The summed E-state index contributed by atoms with van der Waals surface area (Å²) in [5.74, 6) is -1.51. The summed E-state index contributed by atoms with van der Waals surface area (Å²) in [7, 11) is 1.35. The molecule has 0 saturated carbocycles. The average Bonchev–Trinajstić information content (AvgIpc) is 2.99.